The summed E-state index contributed by atoms with van der Waals surface area (Å²) >= 11 is 1.59. The quantitative estimate of drug-likeness (QED) is 0.867. The lowest BCUT2D eigenvalue weighted by Crippen LogP contribution is -2.31. The highest BCUT2D eigenvalue weighted by molar-refractivity contribution is 7.07. The summed E-state index contributed by atoms with van der Waals surface area (Å²) in [7, 11) is 0. The predicted octanol–water partition coefficient (Wildman–Crippen LogP) is 0.712. The van der Waals surface area contributed by atoms with Gasteiger partial charge in [-0.3, -0.25) is 14.3 Å². The highest BCUT2D eigenvalue weighted by atomic mass is 32.1. The summed E-state index contributed by atoms with van der Waals surface area (Å²) in [5, 5.41) is 12.7. The molecule has 6 heteroatoms. The monoisotopic (exact) mass is 247 g/mol. The van der Waals surface area contributed by atoms with Gasteiger partial charge < -0.3 is 0 Å². The van der Waals surface area contributed by atoms with Gasteiger partial charge in [-0.05, 0) is 28.8 Å². The highest BCUT2D eigenvalue weighted by Gasteiger charge is 2.03. The van der Waals surface area contributed by atoms with Crippen LogP contribution in [0.3, 0.4) is 0 Å². The molecule has 0 bridgehead atoms. The van der Waals surface area contributed by atoms with E-state index in [4.69, 9.17) is 5.26 Å². The molecule has 2 rings (SSSR count). The van der Waals surface area contributed by atoms with Gasteiger partial charge in [0.1, 0.15) is 11.6 Å². The minimum atomic E-state index is -0.635. The molecule has 0 aliphatic rings. The van der Waals surface area contributed by atoms with Crippen molar-refractivity contribution < 1.29 is 0 Å². The molecule has 0 unspecified atom stereocenters. The molecule has 0 aliphatic heterocycles. The standard InChI is InChI=1S/C11H9N3O2S/c12-5-9-6-14(11(16)13-10(9)15)3-1-8-2-4-17-7-8/h2,4,6-7H,1,3H2,(H,13,15,16). The molecule has 0 radical (unpaired) electrons. The molecule has 0 aliphatic carbocycles. The zero-order chi connectivity index (χ0) is 12.3. The first-order valence-corrected chi connectivity index (χ1v) is 5.90. The van der Waals surface area contributed by atoms with Crippen molar-refractivity contribution in [1.29, 1.82) is 5.26 Å². The number of hydrogen-bond donors (Lipinski definition) is 1. The highest BCUT2D eigenvalue weighted by Crippen LogP contribution is 2.06. The molecule has 0 amide bonds. The zero-order valence-electron chi connectivity index (χ0n) is 8.84. The van der Waals surface area contributed by atoms with Crippen molar-refractivity contribution in [3.8, 4) is 6.07 Å². The SMILES string of the molecule is N#Cc1cn(CCc2ccsc2)c(=O)[nH]c1=O. The fraction of sp³-hybridized carbons (Fsp3) is 0.182. The molecule has 86 valence electrons. The molecular weight excluding hydrogens is 238 g/mol. The van der Waals surface area contributed by atoms with Gasteiger partial charge in [-0.15, -0.1) is 0 Å². The van der Waals surface area contributed by atoms with Crippen LogP contribution in [0.2, 0.25) is 0 Å². The van der Waals surface area contributed by atoms with E-state index in [0.717, 1.165) is 5.56 Å². The van der Waals surface area contributed by atoms with E-state index in [9.17, 15) is 9.59 Å². The van der Waals surface area contributed by atoms with Crippen LogP contribution in [-0.4, -0.2) is 9.55 Å². The second-order valence-electron chi connectivity index (χ2n) is 3.49. The number of nitriles is 1. The molecule has 2 heterocycles. The van der Waals surface area contributed by atoms with E-state index in [2.05, 4.69) is 4.98 Å². The van der Waals surface area contributed by atoms with Crippen molar-refractivity contribution in [3.63, 3.8) is 0 Å². The maximum atomic E-state index is 11.5. The van der Waals surface area contributed by atoms with Crippen LogP contribution < -0.4 is 11.2 Å². The number of aromatic nitrogens is 2. The van der Waals surface area contributed by atoms with Crippen LogP contribution in [-0.2, 0) is 13.0 Å². The third kappa shape index (κ3) is 2.52. The molecule has 5 nitrogen and oxygen atoms in total. The Bertz CT molecular complexity index is 661. The van der Waals surface area contributed by atoms with E-state index in [1.54, 1.807) is 17.4 Å². The number of aryl methyl sites for hydroxylation is 2. The summed E-state index contributed by atoms with van der Waals surface area (Å²) < 4.78 is 1.34. The smallest absolute Gasteiger partial charge is 0.299 e. The van der Waals surface area contributed by atoms with E-state index in [1.165, 1.54) is 10.8 Å². The van der Waals surface area contributed by atoms with E-state index in [0.29, 0.717) is 13.0 Å². The maximum Gasteiger partial charge on any atom is 0.328 e. The van der Waals surface area contributed by atoms with Gasteiger partial charge in [0.2, 0.25) is 0 Å². The number of nitrogens with one attached hydrogen (secondary N) is 1. The second kappa shape index (κ2) is 4.80. The fourth-order valence-electron chi connectivity index (χ4n) is 1.44. The molecule has 0 spiro atoms. The number of rotatable bonds is 3. The van der Waals surface area contributed by atoms with E-state index >= 15 is 0 Å². The number of H-pyrrole nitrogens is 1. The number of thiophene rings is 1. The molecule has 17 heavy (non-hydrogen) atoms. The van der Waals surface area contributed by atoms with Gasteiger partial charge in [-0.25, -0.2) is 4.79 Å². The average molecular weight is 247 g/mol. The molecule has 0 saturated heterocycles. The third-order valence-corrected chi connectivity index (χ3v) is 3.08. The lowest BCUT2D eigenvalue weighted by Gasteiger charge is -2.03. The van der Waals surface area contributed by atoms with Crippen molar-refractivity contribution in [2.24, 2.45) is 0 Å². The molecule has 0 aromatic carbocycles. The lowest BCUT2D eigenvalue weighted by atomic mass is 10.2. The van der Waals surface area contributed by atoms with Crippen molar-refractivity contribution in [2.45, 2.75) is 13.0 Å². The Hall–Kier alpha value is -2.13. The predicted molar refractivity (Wildman–Crippen MR) is 64.1 cm³/mol. The van der Waals surface area contributed by atoms with Gasteiger partial charge in [0.05, 0.1) is 0 Å². The molecule has 0 fully saturated rings. The summed E-state index contributed by atoms with van der Waals surface area (Å²) in [6.07, 6.45) is 1.99. The Morgan fingerprint density at radius 2 is 2.29 bits per heavy atom. The minimum absolute atomic E-state index is 0.0464. The minimum Gasteiger partial charge on any atom is -0.299 e. The van der Waals surface area contributed by atoms with Gasteiger partial charge in [0.15, 0.2) is 0 Å². The van der Waals surface area contributed by atoms with Crippen molar-refractivity contribution in [1.82, 2.24) is 9.55 Å². The van der Waals surface area contributed by atoms with Gasteiger partial charge in [-0.2, -0.15) is 16.6 Å². The van der Waals surface area contributed by atoms with E-state index in [-0.39, 0.29) is 5.56 Å². The van der Waals surface area contributed by atoms with Gasteiger partial charge in [0, 0.05) is 12.7 Å². The summed E-state index contributed by atoms with van der Waals surface area (Å²) in [5.74, 6) is 0. The summed E-state index contributed by atoms with van der Waals surface area (Å²) in [6.45, 7) is 0.445. The van der Waals surface area contributed by atoms with Gasteiger partial charge >= 0.3 is 5.69 Å². The largest absolute Gasteiger partial charge is 0.328 e. The molecule has 0 atom stereocenters. The lowest BCUT2D eigenvalue weighted by molar-refractivity contribution is 0.644. The Morgan fingerprint density at radius 3 is 2.94 bits per heavy atom. The first kappa shape index (κ1) is 11.4. The molecule has 2 aromatic rings. The van der Waals surface area contributed by atoms with Crippen LogP contribution >= 0.6 is 11.3 Å². The molecule has 2 aromatic heterocycles. The third-order valence-electron chi connectivity index (χ3n) is 2.35. The van der Waals surface area contributed by atoms with E-state index in [1.807, 2.05) is 16.8 Å². The normalized spacial score (nSPS) is 10.1. The Kier molecular flexibility index (Phi) is 3.21. The van der Waals surface area contributed by atoms with Crippen LogP contribution in [0, 0.1) is 11.3 Å². The van der Waals surface area contributed by atoms with Crippen LogP contribution in [0.25, 0.3) is 0 Å². The average Bonchev–Trinajstić information content (AvgIpc) is 2.81. The Balaban J connectivity index is 2.25. The topological polar surface area (TPSA) is 78.7 Å². The van der Waals surface area contributed by atoms with Crippen LogP contribution in [0.4, 0.5) is 0 Å². The van der Waals surface area contributed by atoms with Crippen molar-refractivity contribution in [3.05, 3.63) is 55.0 Å². The first-order valence-electron chi connectivity index (χ1n) is 4.95. The number of hydrogen-bond acceptors (Lipinski definition) is 4. The van der Waals surface area contributed by atoms with Crippen molar-refractivity contribution in [2.75, 3.05) is 0 Å². The zero-order valence-corrected chi connectivity index (χ0v) is 9.66. The summed E-state index contributed by atoms with van der Waals surface area (Å²) in [6, 6.07) is 3.73. The van der Waals surface area contributed by atoms with Gasteiger partial charge in [0.25, 0.3) is 5.56 Å². The van der Waals surface area contributed by atoms with Crippen molar-refractivity contribution >= 4 is 11.3 Å². The van der Waals surface area contributed by atoms with Gasteiger partial charge in [-0.1, -0.05) is 0 Å². The fourth-order valence-corrected chi connectivity index (χ4v) is 2.14. The molecule has 1 N–H and O–H groups in total. The van der Waals surface area contributed by atoms with Crippen LogP contribution in [0.5, 0.6) is 0 Å². The first-order chi connectivity index (χ1) is 8.20. The van der Waals surface area contributed by atoms with Crippen LogP contribution in [0.1, 0.15) is 11.1 Å². The molecular formula is C11H9N3O2S. The van der Waals surface area contributed by atoms with E-state index < -0.39 is 11.2 Å². The Labute approximate surface area is 101 Å². The Morgan fingerprint density at radius 1 is 1.47 bits per heavy atom. The maximum absolute atomic E-state index is 11.5. The molecule has 0 saturated carbocycles. The summed E-state index contributed by atoms with van der Waals surface area (Å²) in [5.41, 5.74) is -0.0324. The number of nitrogens with zero attached hydrogens (tertiary/aromatic N) is 2. The summed E-state index contributed by atoms with van der Waals surface area (Å²) in [4.78, 5) is 24.8. The number of aromatic amines is 1. The van der Waals surface area contributed by atoms with Crippen LogP contribution in [0.15, 0.2) is 32.6 Å². The second-order valence-corrected chi connectivity index (χ2v) is 4.27.